The SMILES string of the molecule is Cc1cc(C)c2c(C)c(C(=O)NCC(c3ccccc3)N(C)C)oc2c1. The van der Waals surface area contributed by atoms with Crippen LogP contribution in [-0.2, 0) is 0 Å². The molecule has 0 saturated heterocycles. The molecule has 4 nitrogen and oxygen atoms in total. The van der Waals surface area contributed by atoms with E-state index in [0.29, 0.717) is 12.3 Å². The molecular formula is C22H26N2O2. The summed E-state index contributed by atoms with van der Waals surface area (Å²) in [7, 11) is 4.03. The minimum Gasteiger partial charge on any atom is -0.451 e. The monoisotopic (exact) mass is 350 g/mol. The summed E-state index contributed by atoms with van der Waals surface area (Å²) in [6, 6.07) is 14.4. The molecule has 0 radical (unpaired) electrons. The smallest absolute Gasteiger partial charge is 0.287 e. The zero-order valence-electron chi connectivity index (χ0n) is 16.1. The second-order valence-corrected chi connectivity index (χ2v) is 7.11. The van der Waals surface area contributed by atoms with Gasteiger partial charge < -0.3 is 14.6 Å². The van der Waals surface area contributed by atoms with Gasteiger partial charge in [-0.15, -0.1) is 0 Å². The van der Waals surface area contributed by atoms with E-state index in [1.54, 1.807) is 0 Å². The van der Waals surface area contributed by atoms with Crippen LogP contribution in [0.3, 0.4) is 0 Å². The number of hydrogen-bond acceptors (Lipinski definition) is 3. The van der Waals surface area contributed by atoms with Gasteiger partial charge in [-0.3, -0.25) is 4.79 Å². The molecule has 3 rings (SSSR count). The van der Waals surface area contributed by atoms with Crippen molar-refractivity contribution in [3.63, 3.8) is 0 Å². The van der Waals surface area contributed by atoms with Crippen molar-refractivity contribution in [2.75, 3.05) is 20.6 Å². The highest BCUT2D eigenvalue weighted by Gasteiger charge is 2.21. The number of nitrogens with zero attached hydrogens (tertiary/aromatic N) is 1. The molecule has 1 atom stereocenters. The van der Waals surface area contributed by atoms with Gasteiger partial charge in [-0.25, -0.2) is 0 Å². The molecule has 136 valence electrons. The van der Waals surface area contributed by atoms with Crippen LogP contribution >= 0.6 is 0 Å². The van der Waals surface area contributed by atoms with Crippen molar-refractivity contribution in [2.24, 2.45) is 0 Å². The third-order valence-electron chi connectivity index (χ3n) is 4.84. The van der Waals surface area contributed by atoms with Crippen molar-refractivity contribution in [2.45, 2.75) is 26.8 Å². The summed E-state index contributed by atoms with van der Waals surface area (Å²) >= 11 is 0. The molecule has 3 aromatic rings. The molecule has 1 amide bonds. The number of hydrogen-bond donors (Lipinski definition) is 1. The van der Waals surface area contributed by atoms with E-state index in [1.165, 1.54) is 5.56 Å². The average Bonchev–Trinajstić information content (AvgIpc) is 2.92. The Morgan fingerprint density at radius 3 is 2.46 bits per heavy atom. The van der Waals surface area contributed by atoms with Crippen LogP contribution < -0.4 is 5.32 Å². The van der Waals surface area contributed by atoms with Gasteiger partial charge >= 0.3 is 0 Å². The molecule has 26 heavy (non-hydrogen) atoms. The minimum absolute atomic E-state index is 0.105. The van der Waals surface area contributed by atoms with Crippen LogP contribution in [0.4, 0.5) is 0 Å². The summed E-state index contributed by atoms with van der Waals surface area (Å²) in [6.45, 7) is 6.55. The molecule has 0 aliphatic heterocycles. The maximum atomic E-state index is 12.8. The number of carbonyl (C=O) groups excluding carboxylic acids is 1. The Morgan fingerprint density at radius 2 is 1.81 bits per heavy atom. The second-order valence-electron chi connectivity index (χ2n) is 7.11. The Morgan fingerprint density at radius 1 is 1.12 bits per heavy atom. The Labute approximate surface area is 154 Å². The van der Waals surface area contributed by atoms with E-state index in [9.17, 15) is 4.79 Å². The van der Waals surface area contributed by atoms with Crippen LogP contribution in [0.1, 0.15) is 38.9 Å². The third kappa shape index (κ3) is 3.51. The summed E-state index contributed by atoms with van der Waals surface area (Å²) in [5.41, 5.74) is 5.11. The van der Waals surface area contributed by atoms with Gasteiger partial charge in [0.15, 0.2) is 5.76 Å². The highest BCUT2D eigenvalue weighted by molar-refractivity contribution is 6.00. The zero-order valence-corrected chi connectivity index (χ0v) is 16.1. The Balaban J connectivity index is 1.83. The third-order valence-corrected chi connectivity index (χ3v) is 4.84. The molecule has 0 saturated carbocycles. The first-order valence-corrected chi connectivity index (χ1v) is 8.88. The molecule has 0 aliphatic rings. The highest BCUT2D eigenvalue weighted by atomic mass is 16.3. The van der Waals surface area contributed by atoms with Crippen LogP contribution in [0.5, 0.6) is 0 Å². The lowest BCUT2D eigenvalue weighted by Crippen LogP contribution is -2.34. The predicted octanol–water partition coefficient (Wildman–Crippen LogP) is 4.39. The van der Waals surface area contributed by atoms with Gasteiger partial charge in [0.2, 0.25) is 0 Å². The second kappa shape index (κ2) is 7.34. The standard InChI is InChI=1S/C22H26N2O2/c1-14-11-15(2)20-16(3)21(26-19(20)12-14)22(25)23-13-18(24(4)5)17-9-7-6-8-10-17/h6-12,18H,13H2,1-5H3,(H,23,25). The summed E-state index contributed by atoms with van der Waals surface area (Å²) in [5.74, 6) is 0.234. The van der Waals surface area contributed by atoms with Crippen LogP contribution in [0, 0.1) is 20.8 Å². The van der Waals surface area contributed by atoms with Gasteiger partial charge in [0, 0.05) is 17.5 Å². The first-order chi connectivity index (χ1) is 12.4. The molecule has 1 heterocycles. The summed E-state index contributed by atoms with van der Waals surface area (Å²) in [5, 5.41) is 4.08. The number of aryl methyl sites for hydroxylation is 3. The zero-order chi connectivity index (χ0) is 18.8. The topological polar surface area (TPSA) is 45.5 Å². The first kappa shape index (κ1) is 18.2. The fourth-order valence-electron chi connectivity index (χ4n) is 3.55. The maximum Gasteiger partial charge on any atom is 0.287 e. The van der Waals surface area contributed by atoms with Crippen molar-refractivity contribution < 1.29 is 9.21 Å². The van der Waals surface area contributed by atoms with E-state index in [1.807, 2.05) is 52.2 Å². The van der Waals surface area contributed by atoms with Crippen LogP contribution in [0.15, 0.2) is 46.9 Å². The van der Waals surface area contributed by atoms with Crippen LogP contribution in [0.25, 0.3) is 11.0 Å². The van der Waals surface area contributed by atoms with E-state index in [2.05, 4.69) is 35.3 Å². The number of rotatable bonds is 5. The number of amides is 1. The van der Waals surface area contributed by atoms with Crippen LogP contribution in [-0.4, -0.2) is 31.4 Å². The number of benzene rings is 2. The number of nitrogens with one attached hydrogen (secondary N) is 1. The van der Waals surface area contributed by atoms with Gasteiger partial charge in [0.05, 0.1) is 6.04 Å². The molecule has 1 unspecified atom stereocenters. The highest BCUT2D eigenvalue weighted by Crippen LogP contribution is 2.29. The van der Waals surface area contributed by atoms with Gasteiger partial charge in [0.25, 0.3) is 5.91 Å². The fourth-order valence-corrected chi connectivity index (χ4v) is 3.55. The number of fused-ring (bicyclic) bond motifs is 1. The molecule has 0 bridgehead atoms. The summed E-state index contributed by atoms with van der Waals surface area (Å²) in [6.07, 6.45) is 0. The Bertz CT molecular complexity index is 926. The first-order valence-electron chi connectivity index (χ1n) is 8.88. The Hall–Kier alpha value is -2.59. The quantitative estimate of drug-likeness (QED) is 0.742. The molecule has 0 aliphatic carbocycles. The lowest BCUT2D eigenvalue weighted by atomic mass is 10.0. The van der Waals surface area contributed by atoms with Gasteiger partial charge in [-0.2, -0.15) is 0 Å². The fraction of sp³-hybridized carbons (Fsp3) is 0.318. The van der Waals surface area contributed by atoms with Crippen LogP contribution in [0.2, 0.25) is 0 Å². The van der Waals surface area contributed by atoms with Crippen molar-refractivity contribution >= 4 is 16.9 Å². The van der Waals surface area contributed by atoms with E-state index in [-0.39, 0.29) is 11.9 Å². The van der Waals surface area contributed by atoms with Crippen molar-refractivity contribution in [3.8, 4) is 0 Å². The number of furan rings is 1. The predicted molar refractivity (Wildman–Crippen MR) is 106 cm³/mol. The van der Waals surface area contributed by atoms with Crippen molar-refractivity contribution in [1.29, 1.82) is 0 Å². The lowest BCUT2D eigenvalue weighted by Gasteiger charge is -2.25. The van der Waals surface area contributed by atoms with E-state index in [0.717, 1.165) is 27.7 Å². The van der Waals surface area contributed by atoms with Gasteiger partial charge in [0.1, 0.15) is 5.58 Å². The van der Waals surface area contributed by atoms with E-state index < -0.39 is 0 Å². The molecule has 0 fully saturated rings. The molecule has 2 aromatic carbocycles. The van der Waals surface area contributed by atoms with Gasteiger partial charge in [-0.05, 0) is 57.6 Å². The van der Waals surface area contributed by atoms with Gasteiger partial charge in [-0.1, -0.05) is 36.4 Å². The maximum absolute atomic E-state index is 12.8. The normalized spacial score (nSPS) is 12.5. The van der Waals surface area contributed by atoms with Crippen molar-refractivity contribution in [1.82, 2.24) is 10.2 Å². The van der Waals surface area contributed by atoms with Crippen molar-refractivity contribution in [3.05, 3.63) is 70.5 Å². The van der Waals surface area contributed by atoms with E-state index in [4.69, 9.17) is 4.42 Å². The number of likely N-dealkylation sites (N-methyl/N-ethyl adjacent to an activating group) is 1. The Kier molecular flexibility index (Phi) is 5.14. The minimum atomic E-state index is -0.168. The average molecular weight is 350 g/mol. The number of carbonyl (C=O) groups is 1. The largest absolute Gasteiger partial charge is 0.451 e. The summed E-state index contributed by atoms with van der Waals surface area (Å²) in [4.78, 5) is 14.9. The molecule has 1 N–H and O–H groups in total. The molecule has 0 spiro atoms. The molecule has 1 aromatic heterocycles. The van der Waals surface area contributed by atoms with E-state index >= 15 is 0 Å². The summed E-state index contributed by atoms with van der Waals surface area (Å²) < 4.78 is 5.90. The molecular weight excluding hydrogens is 324 g/mol. The molecule has 4 heteroatoms. The lowest BCUT2D eigenvalue weighted by molar-refractivity contribution is 0.0915.